The van der Waals surface area contributed by atoms with E-state index < -0.39 is 24.3 Å². The number of carbonyl (C=O) groups excluding carboxylic acids is 2. The lowest BCUT2D eigenvalue weighted by Gasteiger charge is -2.25. The van der Waals surface area contributed by atoms with Crippen LogP contribution in [-0.2, 0) is 33.3 Å². The standard InChI is InChI=1S/C76H131NO8/c1-6-8-10-12-14-16-18-20-22-24-26-28-30-31-32-33-34-35-36-37-38-39-40-41-42-43-45-47-49-51-53-55-57-59-61-63-65-67-74(79)85-72(71-84-76(75(80)81)82-69-68-77(3,4)5)70-83-73(78)66-64-62-60-58-56-54-52-50-48-46-44-29-27-25-23-21-19-17-15-13-11-9-7-2/h8,10,14,16,19-22,25-28,31-32,34-35,37-38,72,76H,6-7,9,11-13,15,17-18,23-24,29-30,33,36,39-71H2,1-5H3/p+1/b10-8-,16-14-,21-19-,22-20-,27-25-,28-26-,32-31-,35-34-,38-37-. The number of rotatable bonds is 64. The maximum atomic E-state index is 12.9. The summed E-state index contributed by atoms with van der Waals surface area (Å²) in [7, 11) is 5.98. The number of likely N-dealkylation sites (N-methyl/N-ethyl adjacent to an activating group) is 1. The summed E-state index contributed by atoms with van der Waals surface area (Å²) < 4.78 is 23.0. The zero-order valence-electron chi connectivity index (χ0n) is 55.7. The van der Waals surface area contributed by atoms with Crippen LogP contribution >= 0.6 is 0 Å². The molecule has 0 saturated carbocycles. The molecule has 0 aromatic rings. The van der Waals surface area contributed by atoms with E-state index in [0.717, 1.165) is 89.9 Å². The first-order valence-corrected chi connectivity index (χ1v) is 35.1. The topological polar surface area (TPSA) is 108 Å². The van der Waals surface area contributed by atoms with Gasteiger partial charge in [0, 0.05) is 12.8 Å². The van der Waals surface area contributed by atoms with E-state index in [4.69, 9.17) is 18.9 Å². The second-order valence-electron chi connectivity index (χ2n) is 24.5. The second-order valence-corrected chi connectivity index (χ2v) is 24.5. The molecule has 0 bridgehead atoms. The average molecular weight is 1190 g/mol. The van der Waals surface area contributed by atoms with Crippen molar-refractivity contribution in [1.29, 1.82) is 0 Å². The molecule has 0 aliphatic heterocycles. The van der Waals surface area contributed by atoms with E-state index in [1.807, 2.05) is 21.1 Å². The number of carboxylic acid groups (broad SMARTS) is 1. The molecule has 0 saturated heterocycles. The molecule has 0 aromatic carbocycles. The van der Waals surface area contributed by atoms with E-state index in [-0.39, 0.29) is 32.2 Å². The summed E-state index contributed by atoms with van der Waals surface area (Å²) >= 11 is 0. The van der Waals surface area contributed by atoms with Gasteiger partial charge >= 0.3 is 17.9 Å². The van der Waals surface area contributed by atoms with E-state index in [0.29, 0.717) is 17.4 Å². The molecule has 0 aromatic heterocycles. The number of aliphatic carboxylic acids is 1. The van der Waals surface area contributed by atoms with Gasteiger partial charge in [-0.3, -0.25) is 9.59 Å². The molecule has 9 heteroatoms. The molecule has 2 unspecified atom stereocenters. The van der Waals surface area contributed by atoms with Gasteiger partial charge in [-0.15, -0.1) is 0 Å². The van der Waals surface area contributed by atoms with Gasteiger partial charge in [0.2, 0.25) is 0 Å². The van der Waals surface area contributed by atoms with Crippen molar-refractivity contribution in [3.63, 3.8) is 0 Å². The normalized spacial score (nSPS) is 13.4. The van der Waals surface area contributed by atoms with E-state index in [1.54, 1.807) is 0 Å². The molecule has 0 aliphatic carbocycles. The summed E-state index contributed by atoms with van der Waals surface area (Å²) in [6, 6.07) is 0. The number of nitrogens with zero attached hydrogens (tertiary/aromatic N) is 1. The number of unbranched alkanes of at least 4 members (excludes halogenated alkanes) is 31. The molecule has 0 radical (unpaired) electrons. The molecule has 1 N–H and O–H groups in total. The minimum absolute atomic E-state index is 0.184. The van der Waals surface area contributed by atoms with Crippen LogP contribution in [0.3, 0.4) is 0 Å². The highest BCUT2D eigenvalue weighted by molar-refractivity contribution is 5.71. The second kappa shape index (κ2) is 65.9. The Balaban J connectivity index is 4.11. The van der Waals surface area contributed by atoms with Crippen molar-refractivity contribution in [2.45, 2.75) is 309 Å². The Labute approximate surface area is 524 Å². The third-order valence-corrected chi connectivity index (χ3v) is 15.0. The van der Waals surface area contributed by atoms with Gasteiger partial charge < -0.3 is 28.5 Å². The van der Waals surface area contributed by atoms with E-state index >= 15 is 0 Å². The van der Waals surface area contributed by atoms with Crippen LogP contribution in [0.1, 0.15) is 296 Å². The predicted molar refractivity (Wildman–Crippen MR) is 364 cm³/mol. The Bertz CT molecular complexity index is 1760. The maximum Gasteiger partial charge on any atom is 0.361 e. The number of quaternary nitrogens is 1. The summed E-state index contributed by atoms with van der Waals surface area (Å²) in [5.41, 5.74) is 0. The molecule has 0 rings (SSSR count). The van der Waals surface area contributed by atoms with Crippen molar-refractivity contribution in [2.75, 3.05) is 47.5 Å². The molecule has 9 nitrogen and oxygen atoms in total. The van der Waals surface area contributed by atoms with Crippen molar-refractivity contribution >= 4 is 17.9 Å². The monoisotopic (exact) mass is 1190 g/mol. The minimum atomic E-state index is -1.52. The fourth-order valence-electron chi connectivity index (χ4n) is 9.67. The van der Waals surface area contributed by atoms with Crippen molar-refractivity contribution in [2.24, 2.45) is 0 Å². The number of hydrogen-bond donors (Lipinski definition) is 1. The summed E-state index contributed by atoms with van der Waals surface area (Å²) in [5, 5.41) is 9.74. The highest BCUT2D eigenvalue weighted by Gasteiger charge is 2.25. The molecule has 0 heterocycles. The fourth-order valence-corrected chi connectivity index (χ4v) is 9.67. The molecule has 488 valence electrons. The first-order valence-electron chi connectivity index (χ1n) is 35.1. The number of ether oxygens (including phenoxy) is 4. The maximum absolute atomic E-state index is 12.9. The van der Waals surface area contributed by atoms with Gasteiger partial charge in [0.25, 0.3) is 6.29 Å². The molecular weight excluding hydrogens is 1050 g/mol. The lowest BCUT2D eigenvalue weighted by atomic mass is 10.0. The first kappa shape index (κ1) is 81.0. The van der Waals surface area contributed by atoms with Gasteiger partial charge in [0.05, 0.1) is 34.4 Å². The van der Waals surface area contributed by atoms with Crippen molar-refractivity contribution in [1.82, 2.24) is 0 Å². The quantitative estimate of drug-likeness (QED) is 0.0211. The van der Waals surface area contributed by atoms with E-state index in [9.17, 15) is 19.5 Å². The van der Waals surface area contributed by atoms with Crippen LogP contribution in [0.5, 0.6) is 0 Å². The number of allylic oxidation sites excluding steroid dienone is 18. The van der Waals surface area contributed by atoms with Gasteiger partial charge in [-0.2, -0.15) is 0 Å². The Morgan fingerprint density at radius 2 is 0.671 bits per heavy atom. The molecular formula is C76H132NO8+. The van der Waals surface area contributed by atoms with Gasteiger partial charge in [-0.25, -0.2) is 4.79 Å². The summed E-state index contributed by atoms with van der Waals surface area (Å²) in [4.78, 5) is 37.6. The summed E-state index contributed by atoms with van der Waals surface area (Å²) in [6.45, 7) is 4.77. The van der Waals surface area contributed by atoms with Crippen LogP contribution < -0.4 is 0 Å². The highest BCUT2D eigenvalue weighted by atomic mass is 16.7. The van der Waals surface area contributed by atoms with Gasteiger partial charge in [-0.05, 0) is 103 Å². The van der Waals surface area contributed by atoms with Gasteiger partial charge in [0.1, 0.15) is 13.2 Å². The van der Waals surface area contributed by atoms with Crippen molar-refractivity contribution in [3.05, 3.63) is 109 Å². The summed E-state index contributed by atoms with van der Waals surface area (Å²) in [5.74, 6) is -2.00. The van der Waals surface area contributed by atoms with Gasteiger partial charge in [0.15, 0.2) is 6.10 Å². The van der Waals surface area contributed by atoms with Crippen LogP contribution in [0.15, 0.2) is 109 Å². The largest absolute Gasteiger partial charge is 0.477 e. The Morgan fingerprint density at radius 3 is 1.00 bits per heavy atom. The van der Waals surface area contributed by atoms with E-state index in [2.05, 4.69) is 123 Å². The number of carboxylic acids is 1. The zero-order chi connectivity index (χ0) is 61.9. The molecule has 0 fully saturated rings. The average Bonchev–Trinajstić information content (AvgIpc) is 3.48. The predicted octanol–water partition coefficient (Wildman–Crippen LogP) is 21.8. The Hall–Kier alpha value is -4.05. The van der Waals surface area contributed by atoms with Crippen LogP contribution in [0.2, 0.25) is 0 Å². The number of carbonyl (C=O) groups is 3. The van der Waals surface area contributed by atoms with Crippen LogP contribution in [0.4, 0.5) is 0 Å². The van der Waals surface area contributed by atoms with Crippen LogP contribution in [0, 0.1) is 0 Å². The smallest absolute Gasteiger partial charge is 0.361 e. The third-order valence-electron chi connectivity index (χ3n) is 15.0. The highest BCUT2D eigenvalue weighted by Crippen LogP contribution is 2.17. The molecule has 85 heavy (non-hydrogen) atoms. The lowest BCUT2D eigenvalue weighted by Crippen LogP contribution is -2.40. The Kier molecular flexibility index (Phi) is 62.8. The van der Waals surface area contributed by atoms with Crippen LogP contribution in [-0.4, -0.2) is 87.4 Å². The number of hydrogen-bond acceptors (Lipinski definition) is 7. The minimum Gasteiger partial charge on any atom is -0.477 e. The Morgan fingerprint density at radius 1 is 0.365 bits per heavy atom. The van der Waals surface area contributed by atoms with E-state index in [1.165, 1.54) is 180 Å². The van der Waals surface area contributed by atoms with Crippen molar-refractivity contribution in [3.8, 4) is 0 Å². The molecule has 0 aliphatic rings. The zero-order valence-corrected chi connectivity index (χ0v) is 55.7. The van der Waals surface area contributed by atoms with Crippen LogP contribution in [0.25, 0.3) is 0 Å². The first-order chi connectivity index (χ1) is 41.6. The SMILES string of the molecule is CC/C=C\C/C=C\C/C=C\C/C=C\C/C=C\C/C=C\C/C=C\CCCCCCCCCCCCCCCCCC(=O)OC(COC(=O)CCCCCCCCCCCCC/C=C\C/C=C\CCCCCCC)COC(OCC[N+](C)(C)C)C(=O)O. The third kappa shape index (κ3) is 67.3. The molecule has 0 spiro atoms. The molecule has 2 atom stereocenters. The lowest BCUT2D eigenvalue weighted by molar-refractivity contribution is -0.870. The van der Waals surface area contributed by atoms with Gasteiger partial charge in [-0.1, -0.05) is 290 Å². The number of esters is 2. The van der Waals surface area contributed by atoms with Crippen molar-refractivity contribution < 1.29 is 42.9 Å². The summed E-state index contributed by atoms with van der Waals surface area (Å²) in [6.07, 6.45) is 89.1. The molecule has 0 amide bonds. The fraction of sp³-hybridized carbons (Fsp3) is 0.724.